The molecule has 2 heteroatoms. The van der Waals surface area contributed by atoms with Gasteiger partial charge in [-0.25, -0.2) is 0 Å². The molecule has 0 radical (unpaired) electrons. The van der Waals surface area contributed by atoms with Gasteiger partial charge in [-0.2, -0.15) is 0 Å². The summed E-state index contributed by atoms with van der Waals surface area (Å²) in [5, 5.41) is 13.1. The number of phenols is 1. The molecular formula is C11H15NO. The Kier molecular flexibility index (Phi) is 1.72. The minimum atomic E-state index is 0.453. The van der Waals surface area contributed by atoms with Crippen molar-refractivity contribution in [2.75, 3.05) is 5.32 Å². The second-order valence-electron chi connectivity index (χ2n) is 3.94. The maximum atomic E-state index is 9.73. The second-order valence-corrected chi connectivity index (χ2v) is 3.94. The molecule has 0 fully saturated rings. The van der Waals surface area contributed by atoms with Crippen molar-refractivity contribution in [3.63, 3.8) is 0 Å². The first-order valence-corrected chi connectivity index (χ1v) is 4.68. The molecule has 1 heterocycles. The average molecular weight is 177 g/mol. The number of hydrogen-bond donors (Lipinski definition) is 2. The summed E-state index contributed by atoms with van der Waals surface area (Å²) in [6, 6.07) is 2.52. The summed E-state index contributed by atoms with van der Waals surface area (Å²) in [6.45, 7) is 6.08. The van der Waals surface area contributed by atoms with Crippen LogP contribution in [0.3, 0.4) is 0 Å². The topological polar surface area (TPSA) is 32.3 Å². The summed E-state index contributed by atoms with van der Waals surface area (Å²) < 4.78 is 0. The Labute approximate surface area is 78.6 Å². The molecule has 0 saturated heterocycles. The number of phenolic OH excluding ortho intramolecular Hbond substituents is 1. The van der Waals surface area contributed by atoms with Gasteiger partial charge in [-0.1, -0.05) is 0 Å². The van der Waals surface area contributed by atoms with Crippen LogP contribution in [0.2, 0.25) is 0 Å². The van der Waals surface area contributed by atoms with Crippen molar-refractivity contribution in [1.82, 2.24) is 0 Å². The zero-order valence-electron chi connectivity index (χ0n) is 8.31. The van der Waals surface area contributed by atoms with E-state index in [1.165, 1.54) is 11.3 Å². The van der Waals surface area contributed by atoms with Gasteiger partial charge in [0.05, 0.1) is 0 Å². The van der Waals surface area contributed by atoms with E-state index in [1.807, 2.05) is 19.9 Å². The van der Waals surface area contributed by atoms with Crippen LogP contribution in [0.15, 0.2) is 6.07 Å². The van der Waals surface area contributed by atoms with Crippen molar-refractivity contribution in [2.45, 2.75) is 33.2 Å². The molecule has 2 N–H and O–H groups in total. The summed E-state index contributed by atoms with van der Waals surface area (Å²) in [5.74, 6) is 0.453. The van der Waals surface area contributed by atoms with Crippen molar-refractivity contribution >= 4 is 5.69 Å². The van der Waals surface area contributed by atoms with Crippen LogP contribution in [0, 0.1) is 13.8 Å². The van der Waals surface area contributed by atoms with E-state index in [-0.39, 0.29) is 0 Å². The molecule has 70 valence electrons. The molecule has 0 spiro atoms. The minimum absolute atomic E-state index is 0.453. The molecule has 0 aliphatic carbocycles. The van der Waals surface area contributed by atoms with E-state index in [0.717, 1.165) is 17.5 Å². The molecule has 1 aliphatic heterocycles. The SMILES string of the molecule is Cc1cc2c(c(C)c1O)CC(C)N2. The normalized spacial score (nSPS) is 19.8. The van der Waals surface area contributed by atoms with Crippen LogP contribution in [-0.4, -0.2) is 11.1 Å². The number of anilines is 1. The quantitative estimate of drug-likeness (QED) is 0.596. The summed E-state index contributed by atoms with van der Waals surface area (Å²) in [6.07, 6.45) is 1.02. The number of benzene rings is 1. The average Bonchev–Trinajstić information content (AvgIpc) is 2.42. The fourth-order valence-corrected chi connectivity index (χ4v) is 2.03. The predicted molar refractivity (Wildman–Crippen MR) is 54.4 cm³/mol. The molecule has 13 heavy (non-hydrogen) atoms. The highest BCUT2D eigenvalue weighted by Crippen LogP contribution is 2.35. The molecular weight excluding hydrogens is 162 g/mol. The summed E-state index contributed by atoms with van der Waals surface area (Å²) in [7, 11) is 0. The van der Waals surface area contributed by atoms with Gasteiger partial charge in [-0.3, -0.25) is 0 Å². The zero-order chi connectivity index (χ0) is 9.59. The highest BCUT2D eigenvalue weighted by molar-refractivity contribution is 5.65. The molecule has 0 aromatic heterocycles. The lowest BCUT2D eigenvalue weighted by atomic mass is 10.0. The molecule has 0 bridgehead atoms. The first-order chi connectivity index (χ1) is 6.09. The molecule has 1 aromatic rings. The van der Waals surface area contributed by atoms with E-state index >= 15 is 0 Å². The number of nitrogens with one attached hydrogen (secondary N) is 1. The van der Waals surface area contributed by atoms with Gasteiger partial charge in [-0.15, -0.1) is 0 Å². The number of aryl methyl sites for hydroxylation is 1. The van der Waals surface area contributed by atoms with Gasteiger partial charge in [0.2, 0.25) is 0 Å². The zero-order valence-corrected chi connectivity index (χ0v) is 8.31. The van der Waals surface area contributed by atoms with E-state index in [1.54, 1.807) is 0 Å². The van der Waals surface area contributed by atoms with Gasteiger partial charge in [-0.05, 0) is 49.9 Å². The van der Waals surface area contributed by atoms with E-state index in [4.69, 9.17) is 0 Å². The Morgan fingerprint density at radius 3 is 2.85 bits per heavy atom. The van der Waals surface area contributed by atoms with Gasteiger partial charge in [0.15, 0.2) is 0 Å². The standard InChI is InChI=1S/C11H15NO/c1-6-4-10-9(5-7(2)12-10)8(3)11(6)13/h4,7,12-13H,5H2,1-3H3. The smallest absolute Gasteiger partial charge is 0.121 e. The van der Waals surface area contributed by atoms with E-state index in [2.05, 4.69) is 12.2 Å². The Hall–Kier alpha value is -1.18. The lowest BCUT2D eigenvalue weighted by molar-refractivity contribution is 0.466. The number of rotatable bonds is 0. The van der Waals surface area contributed by atoms with E-state index < -0.39 is 0 Å². The Morgan fingerprint density at radius 1 is 1.46 bits per heavy atom. The highest BCUT2D eigenvalue weighted by Gasteiger charge is 2.21. The Morgan fingerprint density at radius 2 is 2.15 bits per heavy atom. The van der Waals surface area contributed by atoms with Gasteiger partial charge in [0, 0.05) is 11.7 Å². The Balaban J connectivity index is 2.60. The first-order valence-electron chi connectivity index (χ1n) is 4.68. The van der Waals surface area contributed by atoms with Crippen molar-refractivity contribution in [3.05, 3.63) is 22.8 Å². The third kappa shape index (κ3) is 1.17. The molecule has 0 saturated carbocycles. The van der Waals surface area contributed by atoms with Crippen LogP contribution in [0.4, 0.5) is 5.69 Å². The number of hydrogen-bond acceptors (Lipinski definition) is 2. The largest absolute Gasteiger partial charge is 0.507 e. The maximum Gasteiger partial charge on any atom is 0.121 e. The molecule has 1 aromatic carbocycles. The lowest BCUT2D eigenvalue weighted by Gasteiger charge is -2.08. The van der Waals surface area contributed by atoms with E-state index in [0.29, 0.717) is 11.8 Å². The fraction of sp³-hybridized carbons (Fsp3) is 0.455. The van der Waals surface area contributed by atoms with Crippen LogP contribution in [0.25, 0.3) is 0 Å². The van der Waals surface area contributed by atoms with Gasteiger partial charge in [0.25, 0.3) is 0 Å². The Bertz CT molecular complexity index is 358. The van der Waals surface area contributed by atoms with Crippen molar-refractivity contribution in [2.24, 2.45) is 0 Å². The molecule has 1 unspecified atom stereocenters. The van der Waals surface area contributed by atoms with Crippen molar-refractivity contribution in [1.29, 1.82) is 0 Å². The molecule has 2 nitrogen and oxygen atoms in total. The van der Waals surface area contributed by atoms with Crippen LogP contribution < -0.4 is 5.32 Å². The van der Waals surface area contributed by atoms with Crippen molar-refractivity contribution in [3.8, 4) is 5.75 Å². The molecule has 1 aliphatic rings. The summed E-state index contributed by atoms with van der Waals surface area (Å²) in [4.78, 5) is 0. The highest BCUT2D eigenvalue weighted by atomic mass is 16.3. The lowest BCUT2D eigenvalue weighted by Crippen LogP contribution is -2.08. The fourth-order valence-electron chi connectivity index (χ4n) is 2.03. The summed E-state index contributed by atoms with van der Waals surface area (Å²) in [5.41, 5.74) is 4.46. The molecule has 2 rings (SSSR count). The van der Waals surface area contributed by atoms with Crippen LogP contribution >= 0.6 is 0 Å². The van der Waals surface area contributed by atoms with Crippen LogP contribution in [0.5, 0.6) is 5.75 Å². The van der Waals surface area contributed by atoms with Crippen LogP contribution in [0.1, 0.15) is 23.6 Å². The number of aromatic hydroxyl groups is 1. The number of fused-ring (bicyclic) bond motifs is 1. The van der Waals surface area contributed by atoms with Crippen molar-refractivity contribution < 1.29 is 5.11 Å². The van der Waals surface area contributed by atoms with E-state index in [9.17, 15) is 5.11 Å². The summed E-state index contributed by atoms with van der Waals surface area (Å²) >= 11 is 0. The maximum absolute atomic E-state index is 9.73. The predicted octanol–water partition coefficient (Wildman–Crippen LogP) is 2.37. The van der Waals surface area contributed by atoms with Gasteiger partial charge < -0.3 is 10.4 Å². The minimum Gasteiger partial charge on any atom is -0.507 e. The van der Waals surface area contributed by atoms with Crippen LogP contribution in [-0.2, 0) is 6.42 Å². The third-order valence-electron chi connectivity index (χ3n) is 2.78. The second kappa shape index (κ2) is 2.66. The van der Waals surface area contributed by atoms with Gasteiger partial charge >= 0.3 is 0 Å². The first kappa shape index (κ1) is 8.42. The monoisotopic (exact) mass is 177 g/mol. The van der Waals surface area contributed by atoms with Gasteiger partial charge in [0.1, 0.15) is 5.75 Å². The molecule has 0 amide bonds. The third-order valence-corrected chi connectivity index (χ3v) is 2.78. The molecule has 1 atom stereocenters.